The molecule has 1 aliphatic rings. The van der Waals surface area contributed by atoms with Crippen molar-refractivity contribution in [3.63, 3.8) is 0 Å². The van der Waals surface area contributed by atoms with E-state index < -0.39 is 32.5 Å². The summed E-state index contributed by atoms with van der Waals surface area (Å²) < 4.78 is 88.3. The summed E-state index contributed by atoms with van der Waals surface area (Å²) in [4.78, 5) is 8.29. The number of pyridine rings is 1. The summed E-state index contributed by atoms with van der Waals surface area (Å²) in [6.45, 7) is 7.07. The third-order valence-corrected chi connectivity index (χ3v) is 7.91. The molecule has 2 heterocycles. The van der Waals surface area contributed by atoms with E-state index in [0.29, 0.717) is 29.6 Å². The van der Waals surface area contributed by atoms with Crippen molar-refractivity contribution in [3.05, 3.63) is 66.1 Å². The fourth-order valence-corrected chi connectivity index (χ4v) is 5.77. The molecule has 0 bridgehead atoms. The highest BCUT2D eigenvalue weighted by atomic mass is 32.2. The van der Waals surface area contributed by atoms with Gasteiger partial charge in [-0.1, -0.05) is 13.0 Å². The van der Waals surface area contributed by atoms with Gasteiger partial charge in [0, 0.05) is 43.5 Å². The number of aromatic nitrogens is 1. The Labute approximate surface area is 225 Å². The van der Waals surface area contributed by atoms with Gasteiger partial charge in [0.15, 0.2) is 5.82 Å². The Hall–Kier alpha value is -3.38. The number of ether oxygens (including phenoxy) is 1. The second-order valence-corrected chi connectivity index (χ2v) is 11.1. The number of rotatable bonds is 8. The average Bonchev–Trinajstić information content (AvgIpc) is 2.88. The highest BCUT2D eigenvalue weighted by Gasteiger charge is 2.32. The van der Waals surface area contributed by atoms with Crippen molar-refractivity contribution in [1.82, 2.24) is 9.88 Å². The normalized spacial score (nSPS) is 16.8. The minimum Gasteiger partial charge on any atom is -0.497 e. The molecule has 1 aliphatic heterocycles. The SMILES string of the molecule is CCCN1CCN(c2ncc(-c3cc(F)cc(OC)c3)cc2NS(=O)(=O)c2cccc(C(F)(F)F)c2)[C@H](C)C1. The van der Waals surface area contributed by atoms with Gasteiger partial charge in [0.2, 0.25) is 0 Å². The largest absolute Gasteiger partial charge is 0.497 e. The molecule has 1 aromatic heterocycles. The molecule has 0 spiro atoms. The molecule has 0 unspecified atom stereocenters. The van der Waals surface area contributed by atoms with Crippen molar-refractivity contribution in [3.8, 4) is 16.9 Å². The summed E-state index contributed by atoms with van der Waals surface area (Å²) in [5.74, 6) is 0.0438. The minimum absolute atomic E-state index is 0.0188. The van der Waals surface area contributed by atoms with Crippen molar-refractivity contribution in [2.24, 2.45) is 0 Å². The smallest absolute Gasteiger partial charge is 0.416 e. The summed E-state index contributed by atoms with van der Waals surface area (Å²) in [6.07, 6.45) is -2.20. The lowest BCUT2D eigenvalue weighted by atomic mass is 10.1. The van der Waals surface area contributed by atoms with Gasteiger partial charge >= 0.3 is 6.18 Å². The van der Waals surface area contributed by atoms with Gasteiger partial charge in [0.25, 0.3) is 10.0 Å². The first-order chi connectivity index (χ1) is 18.4. The molecule has 2 aromatic carbocycles. The fourth-order valence-electron chi connectivity index (χ4n) is 4.68. The van der Waals surface area contributed by atoms with Gasteiger partial charge in [-0.05, 0) is 61.9 Å². The molecule has 1 saturated heterocycles. The molecule has 0 saturated carbocycles. The lowest BCUT2D eigenvalue weighted by Crippen LogP contribution is -2.52. The lowest BCUT2D eigenvalue weighted by molar-refractivity contribution is -0.137. The van der Waals surface area contributed by atoms with Gasteiger partial charge in [-0.3, -0.25) is 9.62 Å². The first-order valence-corrected chi connectivity index (χ1v) is 13.9. The van der Waals surface area contributed by atoms with E-state index in [1.54, 1.807) is 6.07 Å². The van der Waals surface area contributed by atoms with E-state index in [1.807, 2.05) is 11.8 Å². The van der Waals surface area contributed by atoms with Crippen LogP contribution in [0.1, 0.15) is 25.8 Å². The average molecular weight is 567 g/mol. The van der Waals surface area contributed by atoms with Gasteiger partial charge < -0.3 is 9.64 Å². The van der Waals surface area contributed by atoms with Crippen molar-refractivity contribution < 1.29 is 30.7 Å². The maximum absolute atomic E-state index is 14.2. The van der Waals surface area contributed by atoms with Gasteiger partial charge in [-0.2, -0.15) is 13.2 Å². The molecule has 39 heavy (non-hydrogen) atoms. The number of anilines is 2. The zero-order chi connectivity index (χ0) is 28.4. The van der Waals surface area contributed by atoms with E-state index in [4.69, 9.17) is 4.74 Å². The maximum atomic E-state index is 14.2. The number of hydrogen-bond acceptors (Lipinski definition) is 6. The van der Waals surface area contributed by atoms with Crippen LogP contribution in [0.15, 0.2) is 59.6 Å². The summed E-state index contributed by atoms with van der Waals surface area (Å²) in [5.41, 5.74) is -0.212. The molecule has 0 amide bonds. The van der Waals surface area contributed by atoms with Crippen LogP contribution in [0, 0.1) is 5.82 Å². The summed E-state index contributed by atoms with van der Waals surface area (Å²) in [7, 11) is -3.04. The standard InChI is InChI=1S/C27H30F4N4O3S/c1-4-8-34-9-10-35(18(2)17-34)26-25(13-20(16-32-26)19-11-22(28)15-23(12-19)38-3)33-39(36,37)24-7-5-6-21(14-24)27(29,30)31/h5-7,11-16,18,33H,4,8-10,17H2,1-3H3/t18-/m1/s1. The second-order valence-electron chi connectivity index (χ2n) is 9.45. The molecule has 4 rings (SSSR count). The summed E-state index contributed by atoms with van der Waals surface area (Å²) >= 11 is 0. The molecule has 3 aromatic rings. The van der Waals surface area contributed by atoms with E-state index in [2.05, 4.69) is 21.5 Å². The first kappa shape index (κ1) is 28.6. The van der Waals surface area contributed by atoms with Gasteiger partial charge in [0.1, 0.15) is 11.6 Å². The molecule has 0 aliphatic carbocycles. The van der Waals surface area contributed by atoms with Crippen LogP contribution in [0.3, 0.4) is 0 Å². The minimum atomic E-state index is -4.71. The van der Waals surface area contributed by atoms with E-state index in [1.165, 1.54) is 31.5 Å². The Kier molecular flexibility index (Phi) is 8.36. The van der Waals surface area contributed by atoms with Gasteiger partial charge in [-0.25, -0.2) is 17.8 Å². The number of halogens is 4. The Morgan fingerprint density at radius 2 is 1.87 bits per heavy atom. The quantitative estimate of drug-likeness (QED) is 0.356. The number of alkyl halides is 3. The van der Waals surface area contributed by atoms with E-state index in [0.717, 1.165) is 44.3 Å². The van der Waals surface area contributed by atoms with E-state index in [-0.39, 0.29) is 17.5 Å². The number of sulfonamides is 1. The highest BCUT2D eigenvalue weighted by molar-refractivity contribution is 7.92. The Bertz CT molecular complexity index is 1430. The van der Waals surface area contributed by atoms with Crippen LogP contribution in [-0.4, -0.2) is 57.6 Å². The predicted molar refractivity (Wildman–Crippen MR) is 142 cm³/mol. The van der Waals surface area contributed by atoms with Crippen LogP contribution in [0.4, 0.5) is 29.1 Å². The zero-order valence-electron chi connectivity index (χ0n) is 21.8. The molecule has 7 nitrogen and oxygen atoms in total. The molecule has 0 radical (unpaired) electrons. The van der Waals surface area contributed by atoms with Crippen LogP contribution in [0.2, 0.25) is 0 Å². The molecule has 1 fully saturated rings. The summed E-state index contributed by atoms with van der Waals surface area (Å²) in [6, 6.07) is 9.07. The van der Waals surface area contributed by atoms with Crippen LogP contribution in [-0.2, 0) is 16.2 Å². The Balaban J connectivity index is 1.77. The monoisotopic (exact) mass is 566 g/mol. The zero-order valence-corrected chi connectivity index (χ0v) is 22.6. The molecule has 1 atom stereocenters. The molecular weight excluding hydrogens is 536 g/mol. The number of nitrogens with zero attached hydrogens (tertiary/aromatic N) is 3. The van der Waals surface area contributed by atoms with Crippen LogP contribution < -0.4 is 14.4 Å². The molecule has 1 N–H and O–H groups in total. The number of nitrogens with one attached hydrogen (secondary N) is 1. The lowest BCUT2D eigenvalue weighted by Gasteiger charge is -2.41. The van der Waals surface area contributed by atoms with Crippen molar-refractivity contribution in [1.29, 1.82) is 0 Å². The van der Waals surface area contributed by atoms with Gasteiger partial charge in [0.05, 0.1) is 23.3 Å². The highest BCUT2D eigenvalue weighted by Crippen LogP contribution is 2.35. The molecule has 210 valence electrons. The number of methoxy groups -OCH3 is 1. The third-order valence-electron chi connectivity index (χ3n) is 6.55. The first-order valence-electron chi connectivity index (χ1n) is 12.5. The topological polar surface area (TPSA) is 74.8 Å². The Morgan fingerprint density at radius 3 is 2.54 bits per heavy atom. The van der Waals surface area contributed by atoms with Gasteiger partial charge in [-0.15, -0.1) is 0 Å². The van der Waals surface area contributed by atoms with Crippen molar-refractivity contribution >= 4 is 21.5 Å². The van der Waals surface area contributed by atoms with E-state index in [9.17, 15) is 26.0 Å². The Morgan fingerprint density at radius 1 is 1.10 bits per heavy atom. The van der Waals surface area contributed by atoms with Crippen molar-refractivity contribution in [2.75, 3.05) is 42.9 Å². The number of piperazine rings is 1. The number of benzene rings is 2. The van der Waals surface area contributed by atoms with Crippen LogP contribution >= 0.6 is 0 Å². The fraction of sp³-hybridized carbons (Fsp3) is 0.370. The number of hydrogen-bond donors (Lipinski definition) is 1. The van der Waals surface area contributed by atoms with Crippen LogP contribution in [0.25, 0.3) is 11.1 Å². The molecular formula is C27H30F4N4O3S. The predicted octanol–water partition coefficient (Wildman–Crippen LogP) is 5.64. The van der Waals surface area contributed by atoms with E-state index >= 15 is 0 Å². The third kappa shape index (κ3) is 6.62. The maximum Gasteiger partial charge on any atom is 0.416 e. The van der Waals surface area contributed by atoms with Crippen LogP contribution in [0.5, 0.6) is 5.75 Å². The second kappa shape index (κ2) is 11.4. The van der Waals surface area contributed by atoms with Crippen molar-refractivity contribution in [2.45, 2.75) is 37.4 Å². The molecule has 12 heteroatoms. The summed E-state index contributed by atoms with van der Waals surface area (Å²) in [5, 5.41) is 0.